The SMILES string of the molecule is COC(=O)C1C2OC(C(=O)C2=O)C1N. The molecule has 2 bridgehead atoms. The first-order chi connectivity index (χ1) is 6.57. The second-order valence-electron chi connectivity index (χ2n) is 3.33. The Morgan fingerprint density at radius 2 is 1.93 bits per heavy atom. The zero-order chi connectivity index (χ0) is 10.5. The molecule has 14 heavy (non-hydrogen) atoms. The van der Waals surface area contributed by atoms with E-state index in [1.807, 2.05) is 0 Å². The van der Waals surface area contributed by atoms with Crippen LogP contribution in [0.4, 0.5) is 0 Å². The van der Waals surface area contributed by atoms with Gasteiger partial charge in [0.05, 0.1) is 13.2 Å². The number of carbonyl (C=O) groups excluding carboxylic acids is 3. The van der Waals surface area contributed by atoms with Crippen molar-refractivity contribution in [2.75, 3.05) is 7.11 Å². The minimum absolute atomic E-state index is 0.606. The molecule has 2 rings (SSSR count). The zero-order valence-corrected chi connectivity index (χ0v) is 7.43. The molecule has 0 aromatic rings. The Morgan fingerprint density at radius 1 is 1.36 bits per heavy atom. The first kappa shape index (κ1) is 9.29. The summed E-state index contributed by atoms with van der Waals surface area (Å²) < 4.78 is 9.50. The lowest BCUT2D eigenvalue weighted by atomic mass is 9.83. The monoisotopic (exact) mass is 199 g/mol. The lowest BCUT2D eigenvalue weighted by Crippen LogP contribution is -2.52. The van der Waals surface area contributed by atoms with Crippen LogP contribution in [-0.2, 0) is 23.9 Å². The van der Waals surface area contributed by atoms with E-state index in [4.69, 9.17) is 10.5 Å². The molecule has 4 unspecified atom stereocenters. The maximum absolute atomic E-state index is 11.2. The summed E-state index contributed by atoms with van der Waals surface area (Å²) in [7, 11) is 1.20. The molecule has 0 aromatic heterocycles. The third-order valence-electron chi connectivity index (χ3n) is 2.62. The summed E-state index contributed by atoms with van der Waals surface area (Å²) in [6.07, 6.45) is -1.99. The minimum Gasteiger partial charge on any atom is -0.469 e. The molecule has 2 N–H and O–H groups in total. The molecule has 2 saturated heterocycles. The van der Waals surface area contributed by atoms with Gasteiger partial charge in [0, 0.05) is 0 Å². The molecule has 2 aliphatic heterocycles. The summed E-state index contributed by atoms with van der Waals surface area (Å²) in [5, 5.41) is 0. The van der Waals surface area contributed by atoms with Crippen LogP contribution < -0.4 is 5.73 Å². The number of ether oxygens (including phenoxy) is 2. The van der Waals surface area contributed by atoms with Crippen LogP contribution in [0.15, 0.2) is 0 Å². The van der Waals surface area contributed by atoms with Crippen LogP contribution >= 0.6 is 0 Å². The summed E-state index contributed by atoms with van der Waals surface area (Å²) in [5.74, 6) is -2.75. The van der Waals surface area contributed by atoms with E-state index in [-0.39, 0.29) is 0 Å². The van der Waals surface area contributed by atoms with Gasteiger partial charge in [0.25, 0.3) is 0 Å². The van der Waals surface area contributed by atoms with Gasteiger partial charge in [-0.15, -0.1) is 0 Å². The first-order valence-electron chi connectivity index (χ1n) is 4.15. The van der Waals surface area contributed by atoms with E-state index in [2.05, 4.69) is 4.74 Å². The van der Waals surface area contributed by atoms with Gasteiger partial charge >= 0.3 is 5.97 Å². The second-order valence-corrected chi connectivity index (χ2v) is 3.33. The van der Waals surface area contributed by atoms with Gasteiger partial charge in [-0.1, -0.05) is 0 Å². The fourth-order valence-electron chi connectivity index (χ4n) is 1.88. The Labute approximate surface area is 79.3 Å². The number of esters is 1. The summed E-state index contributed by atoms with van der Waals surface area (Å²) in [6.45, 7) is 0. The summed E-state index contributed by atoms with van der Waals surface area (Å²) in [5.41, 5.74) is 5.59. The molecular weight excluding hydrogens is 190 g/mol. The zero-order valence-electron chi connectivity index (χ0n) is 7.43. The number of rotatable bonds is 1. The molecule has 6 heteroatoms. The number of Topliss-reactive ketones (excluding diaryl/α,β-unsaturated/α-hetero) is 2. The number of methoxy groups -OCH3 is 1. The third kappa shape index (κ3) is 0.948. The average Bonchev–Trinajstić information content (AvgIpc) is 2.64. The van der Waals surface area contributed by atoms with Crippen molar-refractivity contribution in [1.82, 2.24) is 0 Å². The summed E-state index contributed by atoms with van der Waals surface area (Å²) >= 11 is 0. The Hall–Kier alpha value is -1.27. The Bertz CT molecular complexity index is 326. The van der Waals surface area contributed by atoms with E-state index in [9.17, 15) is 14.4 Å². The number of nitrogens with two attached hydrogens (primary N) is 1. The highest BCUT2D eigenvalue weighted by Gasteiger charge is 2.61. The summed E-state index contributed by atoms with van der Waals surface area (Å²) in [6, 6.07) is -0.766. The van der Waals surface area contributed by atoms with Gasteiger partial charge < -0.3 is 15.2 Å². The Balaban J connectivity index is 2.28. The standard InChI is InChI=1S/C8H9NO5/c1-13-8(12)2-3(9)7-5(11)4(10)6(2)14-7/h2-3,6-7H,9H2,1H3. The molecule has 0 aliphatic carbocycles. The van der Waals surface area contributed by atoms with Gasteiger partial charge in [-0.2, -0.15) is 0 Å². The van der Waals surface area contributed by atoms with Crippen LogP contribution in [0.3, 0.4) is 0 Å². The number of carbonyl (C=O) groups is 3. The van der Waals surface area contributed by atoms with Gasteiger partial charge in [0.15, 0.2) is 0 Å². The third-order valence-corrected chi connectivity index (χ3v) is 2.62. The molecule has 4 atom stereocenters. The lowest BCUT2D eigenvalue weighted by molar-refractivity contribution is -0.151. The van der Waals surface area contributed by atoms with Crippen molar-refractivity contribution in [3.63, 3.8) is 0 Å². The maximum Gasteiger partial charge on any atom is 0.313 e. The van der Waals surface area contributed by atoms with Crippen LogP contribution in [0.5, 0.6) is 0 Å². The molecule has 2 aliphatic rings. The van der Waals surface area contributed by atoms with Crippen molar-refractivity contribution in [2.45, 2.75) is 18.2 Å². The molecule has 2 fully saturated rings. The molecule has 2 heterocycles. The van der Waals surface area contributed by atoms with Crippen LogP contribution in [0.2, 0.25) is 0 Å². The fourth-order valence-corrected chi connectivity index (χ4v) is 1.88. The predicted molar refractivity (Wildman–Crippen MR) is 42.2 cm³/mol. The quantitative estimate of drug-likeness (QED) is 0.388. The van der Waals surface area contributed by atoms with Gasteiger partial charge in [-0.05, 0) is 0 Å². The first-order valence-corrected chi connectivity index (χ1v) is 4.15. The van der Waals surface area contributed by atoms with Crippen molar-refractivity contribution >= 4 is 17.5 Å². The highest BCUT2D eigenvalue weighted by atomic mass is 16.5. The minimum atomic E-state index is -1.03. The highest BCUT2D eigenvalue weighted by molar-refractivity contribution is 6.43. The lowest BCUT2D eigenvalue weighted by Gasteiger charge is -2.20. The van der Waals surface area contributed by atoms with Crippen molar-refractivity contribution in [1.29, 1.82) is 0 Å². The maximum atomic E-state index is 11.2. The molecule has 6 nitrogen and oxygen atoms in total. The van der Waals surface area contributed by atoms with Crippen LogP contribution in [0.25, 0.3) is 0 Å². The van der Waals surface area contributed by atoms with Crippen molar-refractivity contribution in [3.8, 4) is 0 Å². The van der Waals surface area contributed by atoms with E-state index in [0.29, 0.717) is 0 Å². The van der Waals surface area contributed by atoms with Crippen molar-refractivity contribution in [2.24, 2.45) is 11.7 Å². The number of ketones is 2. The largest absolute Gasteiger partial charge is 0.469 e. The van der Waals surface area contributed by atoms with Gasteiger partial charge in [0.1, 0.15) is 18.1 Å². The van der Waals surface area contributed by atoms with Gasteiger partial charge in [-0.3, -0.25) is 14.4 Å². The molecule has 0 saturated carbocycles. The number of hydrogen-bond donors (Lipinski definition) is 1. The van der Waals surface area contributed by atoms with Crippen LogP contribution in [0.1, 0.15) is 0 Å². The fraction of sp³-hybridized carbons (Fsp3) is 0.625. The topological polar surface area (TPSA) is 95.7 Å². The summed E-state index contributed by atoms with van der Waals surface area (Å²) in [4.78, 5) is 33.6. The van der Waals surface area contributed by atoms with Crippen LogP contribution in [-0.4, -0.2) is 42.9 Å². The van der Waals surface area contributed by atoms with Crippen molar-refractivity contribution in [3.05, 3.63) is 0 Å². The second kappa shape index (κ2) is 2.86. The smallest absolute Gasteiger partial charge is 0.313 e. The Morgan fingerprint density at radius 3 is 2.43 bits per heavy atom. The number of hydrogen-bond acceptors (Lipinski definition) is 6. The number of fused-ring (bicyclic) bond motifs is 2. The van der Waals surface area contributed by atoms with E-state index in [1.165, 1.54) is 7.11 Å². The molecule has 0 amide bonds. The van der Waals surface area contributed by atoms with Gasteiger partial charge in [0.2, 0.25) is 11.6 Å². The molecular formula is C8H9NO5. The average molecular weight is 199 g/mol. The van der Waals surface area contributed by atoms with E-state index < -0.39 is 41.7 Å². The van der Waals surface area contributed by atoms with Crippen LogP contribution in [0, 0.1) is 5.92 Å². The highest BCUT2D eigenvalue weighted by Crippen LogP contribution is 2.34. The van der Waals surface area contributed by atoms with E-state index >= 15 is 0 Å². The normalized spacial score (nSPS) is 40.4. The predicted octanol–water partition coefficient (Wildman–Crippen LogP) is -1.98. The Kier molecular flexibility index (Phi) is 1.90. The van der Waals surface area contributed by atoms with E-state index in [0.717, 1.165) is 0 Å². The van der Waals surface area contributed by atoms with Crippen molar-refractivity contribution < 1.29 is 23.9 Å². The molecule has 76 valence electrons. The molecule has 0 spiro atoms. The molecule has 0 aromatic carbocycles. The van der Waals surface area contributed by atoms with E-state index in [1.54, 1.807) is 0 Å². The molecule has 0 radical (unpaired) electrons. The van der Waals surface area contributed by atoms with Gasteiger partial charge in [-0.25, -0.2) is 0 Å².